The molecule has 4 unspecified atom stereocenters. The maximum atomic E-state index is 13.3. The van der Waals surface area contributed by atoms with E-state index in [-0.39, 0.29) is 36.0 Å². The van der Waals surface area contributed by atoms with E-state index in [0.717, 1.165) is 33.8 Å². The van der Waals surface area contributed by atoms with Crippen LogP contribution in [0, 0.1) is 11.8 Å². The summed E-state index contributed by atoms with van der Waals surface area (Å²) in [5.41, 5.74) is 7.64. The zero-order valence-corrected chi connectivity index (χ0v) is 35.2. The summed E-state index contributed by atoms with van der Waals surface area (Å²) in [5, 5.41) is 18.5. The highest BCUT2D eigenvalue weighted by Crippen LogP contribution is 2.30. The Bertz CT molecular complexity index is 1850. The Kier molecular flexibility index (Phi) is 15.9. The Labute approximate surface area is 352 Å². The molecule has 0 saturated carbocycles. The zero-order valence-electron chi connectivity index (χ0n) is 35.2. The van der Waals surface area contributed by atoms with E-state index in [0.29, 0.717) is 39.0 Å². The third-order valence-corrected chi connectivity index (χ3v) is 10.9. The lowest BCUT2D eigenvalue weighted by Gasteiger charge is -2.33. The third kappa shape index (κ3) is 11.1. The molecule has 4 atom stereocenters. The standard InChI is InChI=1S/2C23H29N3O4/c2*1-16(2)21(22(27)24-29)26-19(13-17-9-11-20(30-3)12-10-17)15-25(23(26)28)14-18-7-5-4-6-8-18/h2*4-12,16,19,21,29H,13-15H2,1-3H3,(H,24,27). The highest BCUT2D eigenvalue weighted by Gasteiger charge is 2.46. The molecular weight excluding hydrogens is 765 g/mol. The molecule has 0 aliphatic carbocycles. The second kappa shape index (κ2) is 21.2. The van der Waals surface area contributed by atoms with Gasteiger partial charge < -0.3 is 29.1 Å². The number of hydrogen-bond donors (Lipinski definition) is 4. The molecule has 0 spiro atoms. The zero-order chi connectivity index (χ0) is 43.3. The van der Waals surface area contributed by atoms with Crippen molar-refractivity contribution in [3.8, 4) is 11.5 Å². The Morgan fingerprint density at radius 2 is 0.900 bits per heavy atom. The Balaban J connectivity index is 0.000000228. The molecule has 4 aromatic carbocycles. The number of nitrogens with one attached hydrogen (secondary N) is 2. The molecule has 2 heterocycles. The van der Waals surface area contributed by atoms with Gasteiger partial charge >= 0.3 is 12.1 Å². The number of urea groups is 2. The van der Waals surface area contributed by atoms with Crippen LogP contribution in [0.2, 0.25) is 0 Å². The summed E-state index contributed by atoms with van der Waals surface area (Å²) in [7, 11) is 3.24. The second-order valence-electron chi connectivity index (χ2n) is 15.9. The first-order valence-corrected chi connectivity index (χ1v) is 20.2. The Hall–Kier alpha value is -6.12. The maximum absolute atomic E-state index is 13.3. The van der Waals surface area contributed by atoms with Crippen molar-refractivity contribution in [3.05, 3.63) is 131 Å². The fraction of sp³-hybridized carbons (Fsp3) is 0.391. The molecule has 2 fully saturated rings. The van der Waals surface area contributed by atoms with E-state index >= 15 is 0 Å². The highest BCUT2D eigenvalue weighted by molar-refractivity contribution is 5.89. The summed E-state index contributed by atoms with van der Waals surface area (Å²) in [6.07, 6.45) is 1.20. The average Bonchev–Trinajstić information content (AvgIpc) is 3.71. The van der Waals surface area contributed by atoms with Crippen molar-refractivity contribution in [2.75, 3.05) is 27.3 Å². The molecule has 2 aliphatic rings. The summed E-state index contributed by atoms with van der Waals surface area (Å²) < 4.78 is 10.4. The van der Waals surface area contributed by atoms with Crippen molar-refractivity contribution in [1.82, 2.24) is 30.6 Å². The van der Waals surface area contributed by atoms with Crippen LogP contribution in [0.3, 0.4) is 0 Å². The second-order valence-corrected chi connectivity index (χ2v) is 15.9. The van der Waals surface area contributed by atoms with Crippen molar-refractivity contribution < 1.29 is 39.1 Å². The largest absolute Gasteiger partial charge is 0.497 e. The molecule has 0 aromatic heterocycles. The minimum Gasteiger partial charge on any atom is -0.497 e. The molecule has 4 N–H and O–H groups in total. The lowest BCUT2D eigenvalue weighted by molar-refractivity contribution is -0.136. The van der Waals surface area contributed by atoms with Crippen molar-refractivity contribution in [2.45, 2.75) is 77.8 Å². The highest BCUT2D eigenvalue weighted by atomic mass is 16.5. The molecule has 0 radical (unpaired) electrons. The van der Waals surface area contributed by atoms with Gasteiger partial charge in [-0.25, -0.2) is 20.5 Å². The van der Waals surface area contributed by atoms with E-state index in [4.69, 9.17) is 9.47 Å². The number of ether oxygens (including phenoxy) is 2. The topological polar surface area (TPSA) is 164 Å². The van der Waals surface area contributed by atoms with Gasteiger partial charge in [0.15, 0.2) is 0 Å². The normalized spacial score (nSPS) is 17.4. The van der Waals surface area contributed by atoms with E-state index in [1.807, 2.05) is 137 Å². The Morgan fingerprint density at radius 3 is 1.18 bits per heavy atom. The van der Waals surface area contributed by atoms with Gasteiger partial charge in [0.2, 0.25) is 0 Å². The van der Waals surface area contributed by atoms with Crippen molar-refractivity contribution in [2.24, 2.45) is 11.8 Å². The van der Waals surface area contributed by atoms with E-state index in [2.05, 4.69) is 0 Å². The maximum Gasteiger partial charge on any atom is 0.321 e. The van der Waals surface area contributed by atoms with Crippen LogP contribution in [0.25, 0.3) is 0 Å². The first-order valence-electron chi connectivity index (χ1n) is 20.2. The molecule has 14 nitrogen and oxygen atoms in total. The minimum absolute atomic E-state index is 0.156. The fourth-order valence-corrected chi connectivity index (χ4v) is 8.07. The van der Waals surface area contributed by atoms with Crippen LogP contribution in [0.15, 0.2) is 109 Å². The number of carbonyl (C=O) groups excluding carboxylic acids is 4. The van der Waals surface area contributed by atoms with Gasteiger partial charge in [0.25, 0.3) is 11.8 Å². The molecule has 2 saturated heterocycles. The monoisotopic (exact) mass is 822 g/mol. The first-order chi connectivity index (χ1) is 28.9. The molecule has 6 rings (SSSR count). The summed E-state index contributed by atoms with van der Waals surface area (Å²) in [4.78, 5) is 58.4. The van der Waals surface area contributed by atoms with Gasteiger partial charge in [-0.3, -0.25) is 20.0 Å². The van der Waals surface area contributed by atoms with Gasteiger partial charge in [0.1, 0.15) is 23.6 Å². The summed E-state index contributed by atoms with van der Waals surface area (Å²) >= 11 is 0. The number of methoxy groups -OCH3 is 2. The van der Waals surface area contributed by atoms with Gasteiger partial charge in [0, 0.05) is 26.2 Å². The number of amides is 6. The van der Waals surface area contributed by atoms with E-state index < -0.39 is 23.9 Å². The SMILES string of the molecule is COc1ccc(CC2CN(Cc3ccccc3)C(=O)N2C(C(=O)NO)C(C)C)cc1.COc1ccc(CC2CN(Cc3ccccc3)C(=O)N2C(C(=O)NO)C(C)C)cc1. The predicted molar refractivity (Wildman–Crippen MR) is 226 cm³/mol. The van der Waals surface area contributed by atoms with Crippen LogP contribution in [0.4, 0.5) is 9.59 Å². The van der Waals surface area contributed by atoms with Gasteiger partial charge in [-0.2, -0.15) is 0 Å². The smallest absolute Gasteiger partial charge is 0.321 e. The predicted octanol–water partition coefficient (Wildman–Crippen LogP) is 6.15. The van der Waals surface area contributed by atoms with Crippen molar-refractivity contribution in [3.63, 3.8) is 0 Å². The summed E-state index contributed by atoms with van der Waals surface area (Å²) in [5.74, 6) is 0.0821. The van der Waals surface area contributed by atoms with Crippen LogP contribution < -0.4 is 20.4 Å². The van der Waals surface area contributed by atoms with Gasteiger partial charge in [-0.15, -0.1) is 0 Å². The minimum atomic E-state index is -0.758. The number of carbonyl (C=O) groups is 4. The molecule has 4 aromatic rings. The first kappa shape index (κ1) is 45.0. The van der Waals surface area contributed by atoms with Gasteiger partial charge in [-0.1, -0.05) is 113 Å². The Morgan fingerprint density at radius 1 is 0.567 bits per heavy atom. The van der Waals surface area contributed by atoms with E-state index in [9.17, 15) is 29.6 Å². The van der Waals surface area contributed by atoms with E-state index in [1.165, 1.54) is 0 Å². The van der Waals surface area contributed by atoms with Crippen LogP contribution >= 0.6 is 0 Å². The van der Waals surface area contributed by atoms with E-state index in [1.54, 1.807) is 44.8 Å². The molecule has 6 amide bonds. The van der Waals surface area contributed by atoms with Crippen molar-refractivity contribution >= 4 is 23.9 Å². The van der Waals surface area contributed by atoms with Crippen LogP contribution in [-0.4, -0.2) is 105 Å². The molecule has 2 aliphatic heterocycles. The number of nitrogens with zero attached hydrogens (tertiary/aromatic N) is 4. The van der Waals surface area contributed by atoms with Gasteiger partial charge in [0.05, 0.1) is 26.3 Å². The number of hydrogen-bond acceptors (Lipinski definition) is 8. The van der Waals surface area contributed by atoms with Crippen LogP contribution in [0.5, 0.6) is 11.5 Å². The third-order valence-electron chi connectivity index (χ3n) is 10.9. The number of benzene rings is 4. The van der Waals surface area contributed by atoms with Crippen molar-refractivity contribution in [1.29, 1.82) is 0 Å². The van der Waals surface area contributed by atoms with Gasteiger partial charge in [-0.05, 0) is 71.2 Å². The average molecular weight is 823 g/mol. The molecule has 60 heavy (non-hydrogen) atoms. The fourth-order valence-electron chi connectivity index (χ4n) is 8.07. The lowest BCUT2D eigenvalue weighted by Crippen LogP contribution is -2.53. The van der Waals surface area contributed by atoms with Crippen LogP contribution in [-0.2, 0) is 35.5 Å². The number of hydroxylamine groups is 2. The summed E-state index contributed by atoms with van der Waals surface area (Å²) in [6, 6.07) is 32.7. The van der Waals surface area contributed by atoms with Crippen LogP contribution in [0.1, 0.15) is 49.9 Å². The molecule has 0 bridgehead atoms. The molecular formula is C46H58N6O8. The molecule has 320 valence electrons. The molecule has 14 heteroatoms. The lowest BCUT2D eigenvalue weighted by atomic mass is 9.98. The summed E-state index contributed by atoms with van der Waals surface area (Å²) in [6.45, 7) is 9.44. The number of rotatable bonds is 16. The quantitative estimate of drug-likeness (QED) is 0.0773.